The molecule has 0 saturated carbocycles. The summed E-state index contributed by atoms with van der Waals surface area (Å²) in [7, 11) is 4.24. The van der Waals surface area contributed by atoms with Crippen LogP contribution in [-0.4, -0.2) is 74.2 Å². The van der Waals surface area contributed by atoms with Crippen molar-refractivity contribution in [1.29, 1.82) is 0 Å². The van der Waals surface area contributed by atoms with Crippen LogP contribution in [0.15, 0.2) is 52.1 Å². The van der Waals surface area contributed by atoms with Crippen molar-refractivity contribution in [3.63, 3.8) is 0 Å². The SMILES string of the molecule is COc1nc(-c2cccc(-c3cccc(NC(=O)c4nn(C)c(=O)n(C)c4=O)c3Cl)c2Cl)cc2c1C(N1CCN(C(C)=O)CC1)CC2. The number of piperazine rings is 1. The molecule has 4 aromatic rings. The van der Waals surface area contributed by atoms with Gasteiger partial charge < -0.3 is 15.0 Å². The number of ether oxygens (including phenoxy) is 1. The molecule has 0 radical (unpaired) electrons. The van der Waals surface area contributed by atoms with E-state index in [1.807, 2.05) is 23.1 Å². The minimum absolute atomic E-state index is 0.0999. The van der Waals surface area contributed by atoms with Gasteiger partial charge in [-0.3, -0.25) is 23.9 Å². The lowest BCUT2D eigenvalue weighted by atomic mass is 9.99. The average molecular weight is 679 g/mol. The molecule has 244 valence electrons. The van der Waals surface area contributed by atoms with E-state index in [4.69, 9.17) is 32.9 Å². The summed E-state index contributed by atoms with van der Waals surface area (Å²) < 4.78 is 7.56. The molecule has 14 heteroatoms. The van der Waals surface area contributed by atoms with Crippen molar-refractivity contribution < 1.29 is 14.3 Å². The monoisotopic (exact) mass is 677 g/mol. The predicted molar refractivity (Wildman–Crippen MR) is 179 cm³/mol. The number of aryl methyl sites for hydroxylation is 2. The third kappa shape index (κ3) is 5.92. The lowest BCUT2D eigenvalue weighted by molar-refractivity contribution is -0.130. The van der Waals surface area contributed by atoms with Crippen molar-refractivity contribution in [2.75, 3.05) is 38.6 Å². The topological polar surface area (TPSA) is 132 Å². The lowest BCUT2D eigenvalue weighted by Crippen LogP contribution is -2.48. The van der Waals surface area contributed by atoms with Gasteiger partial charge in [0.1, 0.15) is 0 Å². The number of rotatable bonds is 6. The Hall–Kier alpha value is -4.52. The number of hydrogen-bond acceptors (Lipinski definition) is 8. The Kier molecular flexibility index (Phi) is 8.93. The van der Waals surface area contributed by atoms with Crippen molar-refractivity contribution in [3.05, 3.63) is 90.2 Å². The van der Waals surface area contributed by atoms with Crippen LogP contribution in [0.5, 0.6) is 5.88 Å². The third-order valence-corrected chi connectivity index (χ3v) is 9.69. The number of carbonyl (C=O) groups excluding carboxylic acids is 2. The number of halogens is 2. The minimum Gasteiger partial charge on any atom is -0.481 e. The maximum absolute atomic E-state index is 13.0. The van der Waals surface area contributed by atoms with E-state index in [0.717, 1.165) is 46.3 Å². The zero-order valence-corrected chi connectivity index (χ0v) is 27.9. The number of carbonyl (C=O) groups is 2. The molecular formula is C33H33Cl2N7O5. The molecule has 12 nitrogen and oxygen atoms in total. The molecular weight excluding hydrogens is 645 g/mol. The summed E-state index contributed by atoms with van der Waals surface area (Å²) >= 11 is 13.9. The normalized spacial score (nSPS) is 16.2. The molecule has 6 rings (SSSR count). The fourth-order valence-corrected chi connectivity index (χ4v) is 6.99. The second kappa shape index (κ2) is 12.9. The van der Waals surface area contributed by atoms with Gasteiger partial charge in [0, 0.05) is 75.5 Å². The van der Waals surface area contributed by atoms with Crippen LogP contribution >= 0.6 is 23.2 Å². The third-order valence-electron chi connectivity index (χ3n) is 8.87. The Bertz CT molecular complexity index is 2040. The van der Waals surface area contributed by atoms with E-state index in [9.17, 15) is 19.2 Å². The zero-order chi connectivity index (χ0) is 33.6. The quantitative estimate of drug-likeness (QED) is 0.325. The fourth-order valence-electron chi connectivity index (χ4n) is 6.39. The summed E-state index contributed by atoms with van der Waals surface area (Å²) in [6.07, 6.45) is 1.79. The van der Waals surface area contributed by atoms with Gasteiger partial charge in [0.25, 0.3) is 11.5 Å². The molecule has 2 amide bonds. The highest BCUT2D eigenvalue weighted by Gasteiger charge is 2.34. The highest BCUT2D eigenvalue weighted by atomic mass is 35.5. The molecule has 2 aliphatic rings. The van der Waals surface area contributed by atoms with Gasteiger partial charge in [-0.15, -0.1) is 0 Å². The number of methoxy groups -OCH3 is 1. The van der Waals surface area contributed by atoms with Crippen LogP contribution in [0.4, 0.5) is 5.69 Å². The van der Waals surface area contributed by atoms with Crippen LogP contribution in [0.3, 0.4) is 0 Å². The van der Waals surface area contributed by atoms with Crippen molar-refractivity contribution in [3.8, 4) is 28.3 Å². The van der Waals surface area contributed by atoms with Gasteiger partial charge in [0.05, 0.1) is 28.5 Å². The number of benzene rings is 2. The second-order valence-corrected chi connectivity index (χ2v) is 12.3. The number of amides is 2. The first-order chi connectivity index (χ1) is 22.5. The van der Waals surface area contributed by atoms with E-state index < -0.39 is 22.9 Å². The first-order valence-electron chi connectivity index (χ1n) is 15.1. The van der Waals surface area contributed by atoms with Crippen LogP contribution in [0.1, 0.15) is 41.0 Å². The molecule has 2 aromatic heterocycles. The number of nitrogens with one attached hydrogen (secondary N) is 1. The van der Waals surface area contributed by atoms with E-state index in [0.29, 0.717) is 46.4 Å². The molecule has 1 fully saturated rings. The lowest BCUT2D eigenvalue weighted by Gasteiger charge is -2.38. The standard InChI is InChI=1S/C33H33Cl2N7O5/c1-18(43)41-13-15-42(16-14-41)25-12-11-19-17-24(37-31(47-4)26(19)25)22-9-5-7-20(27(22)34)21-8-6-10-23(28(21)35)36-30(44)29-32(45)39(2)33(46)40(3)38-29/h5-10,17,25H,11-16H2,1-4H3,(H,36,44). The number of anilines is 1. The zero-order valence-electron chi connectivity index (χ0n) is 26.3. The van der Waals surface area contributed by atoms with E-state index in [-0.39, 0.29) is 22.7 Å². The molecule has 1 unspecified atom stereocenters. The summed E-state index contributed by atoms with van der Waals surface area (Å²) in [5, 5.41) is 7.10. The number of hydrogen-bond donors (Lipinski definition) is 1. The van der Waals surface area contributed by atoms with Crippen molar-refractivity contribution >= 4 is 40.7 Å². The average Bonchev–Trinajstić information content (AvgIpc) is 3.50. The number of pyridine rings is 1. The maximum Gasteiger partial charge on any atom is 0.346 e. The Morgan fingerprint density at radius 2 is 1.62 bits per heavy atom. The first-order valence-corrected chi connectivity index (χ1v) is 15.9. The Labute approximate surface area is 280 Å². The largest absolute Gasteiger partial charge is 0.481 e. The Balaban J connectivity index is 1.31. The van der Waals surface area contributed by atoms with Gasteiger partial charge in [-0.05, 0) is 30.5 Å². The van der Waals surface area contributed by atoms with E-state index in [2.05, 4.69) is 21.4 Å². The molecule has 2 aromatic carbocycles. The van der Waals surface area contributed by atoms with E-state index in [1.165, 1.54) is 14.1 Å². The highest BCUT2D eigenvalue weighted by molar-refractivity contribution is 6.39. The first kappa shape index (κ1) is 32.4. The molecule has 0 bridgehead atoms. The molecule has 1 saturated heterocycles. The van der Waals surface area contributed by atoms with Crippen LogP contribution < -0.4 is 21.3 Å². The molecule has 1 aliphatic heterocycles. The Morgan fingerprint density at radius 1 is 0.957 bits per heavy atom. The smallest absolute Gasteiger partial charge is 0.346 e. The van der Waals surface area contributed by atoms with E-state index >= 15 is 0 Å². The van der Waals surface area contributed by atoms with Crippen LogP contribution in [-0.2, 0) is 25.3 Å². The summed E-state index contributed by atoms with van der Waals surface area (Å²) in [6.45, 7) is 4.60. The van der Waals surface area contributed by atoms with Gasteiger partial charge in [-0.25, -0.2) is 14.5 Å². The van der Waals surface area contributed by atoms with Crippen molar-refractivity contribution in [1.82, 2.24) is 29.1 Å². The summed E-state index contributed by atoms with van der Waals surface area (Å²) in [5.41, 5.74) is 3.04. The molecule has 1 atom stereocenters. The Morgan fingerprint density at radius 3 is 2.30 bits per heavy atom. The van der Waals surface area contributed by atoms with Gasteiger partial charge in [-0.1, -0.05) is 53.5 Å². The van der Waals surface area contributed by atoms with Crippen LogP contribution in [0, 0.1) is 0 Å². The highest BCUT2D eigenvalue weighted by Crippen LogP contribution is 2.45. The second-order valence-electron chi connectivity index (χ2n) is 11.6. The van der Waals surface area contributed by atoms with E-state index in [1.54, 1.807) is 32.2 Å². The van der Waals surface area contributed by atoms with Crippen LogP contribution in [0.25, 0.3) is 22.4 Å². The number of nitrogens with zero attached hydrogens (tertiary/aromatic N) is 6. The van der Waals surface area contributed by atoms with Crippen LogP contribution in [0.2, 0.25) is 10.0 Å². The van der Waals surface area contributed by atoms with Gasteiger partial charge in [0.15, 0.2) is 0 Å². The van der Waals surface area contributed by atoms with Crippen molar-refractivity contribution in [2.24, 2.45) is 14.1 Å². The molecule has 1 aliphatic carbocycles. The molecule has 3 heterocycles. The molecule has 47 heavy (non-hydrogen) atoms. The van der Waals surface area contributed by atoms with Gasteiger partial charge in [-0.2, -0.15) is 5.10 Å². The minimum atomic E-state index is -0.826. The maximum atomic E-state index is 13.0. The van der Waals surface area contributed by atoms with Crippen molar-refractivity contribution in [2.45, 2.75) is 25.8 Å². The van der Waals surface area contributed by atoms with Gasteiger partial charge in [0.2, 0.25) is 17.5 Å². The molecule has 0 spiro atoms. The fraction of sp³-hybridized carbons (Fsp3) is 0.333. The number of fused-ring (bicyclic) bond motifs is 1. The summed E-state index contributed by atoms with van der Waals surface area (Å²) in [5.74, 6) is -0.159. The molecule has 1 N–H and O–H groups in total. The van der Waals surface area contributed by atoms with Gasteiger partial charge >= 0.3 is 5.69 Å². The predicted octanol–water partition coefficient (Wildman–Crippen LogP) is 3.93. The summed E-state index contributed by atoms with van der Waals surface area (Å²) in [6, 6.07) is 12.9. The summed E-state index contributed by atoms with van der Waals surface area (Å²) in [4.78, 5) is 58.6. The number of aromatic nitrogens is 4.